The molecule has 0 aromatic heterocycles. The third-order valence-electron chi connectivity index (χ3n) is 6.37. The normalized spacial score (nSPS) is 17.2. The maximum Gasteiger partial charge on any atom is 0.258 e. The number of benzene rings is 3. The first-order valence-electron chi connectivity index (χ1n) is 11.1. The molecule has 162 valence electrons. The molecule has 5 rings (SSSR count). The number of hydrogen-bond donors (Lipinski definition) is 3. The minimum Gasteiger partial charge on any atom is -0.399 e. The molecule has 0 spiro atoms. The summed E-state index contributed by atoms with van der Waals surface area (Å²) in [5.41, 5.74) is 14.9. The summed E-state index contributed by atoms with van der Waals surface area (Å²) in [6.45, 7) is 5.04. The Kier molecular flexibility index (Phi) is 5.41. The van der Waals surface area contributed by atoms with Crippen molar-refractivity contribution in [3.05, 3.63) is 94.7 Å². The molecule has 5 nitrogen and oxygen atoms in total. The van der Waals surface area contributed by atoms with E-state index < -0.39 is 0 Å². The molecule has 0 aliphatic carbocycles. The van der Waals surface area contributed by atoms with Gasteiger partial charge in [0.1, 0.15) is 0 Å². The molecule has 3 aromatic rings. The standard InChI is InChI=1S/C27H28N4O/c1-18(26-24-16-22(28)8-11-25(24)30-27(26)32)29-23-9-6-19(7-10-23)17-31-14-12-20-4-2-3-5-21(20)13-15-31/h2-11,16,29H,12-15,17,28H2,1H3,(H,30,32)/b26-18-. The summed E-state index contributed by atoms with van der Waals surface area (Å²) in [4.78, 5) is 15.0. The van der Waals surface area contributed by atoms with Gasteiger partial charge in [-0.1, -0.05) is 36.4 Å². The highest BCUT2D eigenvalue weighted by molar-refractivity contribution is 6.32. The van der Waals surface area contributed by atoms with Crippen LogP contribution in [-0.4, -0.2) is 23.9 Å². The van der Waals surface area contributed by atoms with Crippen molar-refractivity contribution in [3.8, 4) is 0 Å². The van der Waals surface area contributed by atoms with Crippen molar-refractivity contribution < 1.29 is 4.79 Å². The van der Waals surface area contributed by atoms with Gasteiger partial charge in [0.15, 0.2) is 0 Å². The number of nitrogen functional groups attached to an aromatic ring is 1. The van der Waals surface area contributed by atoms with Gasteiger partial charge in [0, 0.05) is 48.0 Å². The first-order chi connectivity index (χ1) is 15.6. The summed E-state index contributed by atoms with van der Waals surface area (Å²) in [5.74, 6) is -0.102. The highest BCUT2D eigenvalue weighted by Gasteiger charge is 2.26. The van der Waals surface area contributed by atoms with Crippen LogP contribution in [0.25, 0.3) is 5.57 Å². The third kappa shape index (κ3) is 4.12. The van der Waals surface area contributed by atoms with E-state index in [1.807, 2.05) is 19.1 Å². The van der Waals surface area contributed by atoms with E-state index in [1.165, 1.54) is 16.7 Å². The van der Waals surface area contributed by atoms with Gasteiger partial charge in [0.05, 0.1) is 5.57 Å². The minimum atomic E-state index is -0.102. The third-order valence-corrected chi connectivity index (χ3v) is 6.37. The van der Waals surface area contributed by atoms with E-state index in [-0.39, 0.29) is 5.91 Å². The number of nitrogens with two attached hydrogens (primary N) is 1. The van der Waals surface area contributed by atoms with Crippen molar-refractivity contribution in [1.82, 2.24) is 4.90 Å². The Bertz CT molecular complexity index is 1170. The van der Waals surface area contributed by atoms with Crippen molar-refractivity contribution in [2.24, 2.45) is 0 Å². The van der Waals surface area contributed by atoms with Crippen molar-refractivity contribution in [2.45, 2.75) is 26.3 Å². The average Bonchev–Trinajstić information content (AvgIpc) is 2.98. The molecule has 0 radical (unpaired) electrons. The molecule has 3 aromatic carbocycles. The van der Waals surface area contributed by atoms with E-state index in [0.29, 0.717) is 11.3 Å². The molecule has 0 fully saturated rings. The van der Waals surface area contributed by atoms with Crippen LogP contribution >= 0.6 is 0 Å². The van der Waals surface area contributed by atoms with Crippen LogP contribution in [0.15, 0.2) is 72.4 Å². The van der Waals surface area contributed by atoms with Gasteiger partial charge in [-0.05, 0) is 66.8 Å². The Morgan fingerprint density at radius 2 is 1.69 bits per heavy atom. The summed E-state index contributed by atoms with van der Waals surface area (Å²) in [7, 11) is 0. The molecule has 0 atom stereocenters. The van der Waals surface area contributed by atoms with Gasteiger partial charge in [-0.2, -0.15) is 0 Å². The number of fused-ring (bicyclic) bond motifs is 2. The van der Waals surface area contributed by atoms with Crippen LogP contribution in [0.3, 0.4) is 0 Å². The van der Waals surface area contributed by atoms with Gasteiger partial charge in [0.2, 0.25) is 0 Å². The van der Waals surface area contributed by atoms with Crippen molar-refractivity contribution in [3.63, 3.8) is 0 Å². The molecule has 2 aliphatic heterocycles. The molecular weight excluding hydrogens is 396 g/mol. The Labute approximate surface area is 188 Å². The zero-order chi connectivity index (χ0) is 22.1. The van der Waals surface area contributed by atoms with Crippen LogP contribution in [-0.2, 0) is 24.2 Å². The number of rotatable bonds is 4. The summed E-state index contributed by atoms with van der Waals surface area (Å²) in [6, 6.07) is 22.8. The molecule has 5 heteroatoms. The van der Waals surface area contributed by atoms with E-state index in [2.05, 4.69) is 64.1 Å². The molecule has 32 heavy (non-hydrogen) atoms. The maximum atomic E-state index is 12.5. The van der Waals surface area contributed by atoms with Gasteiger partial charge < -0.3 is 16.4 Å². The lowest BCUT2D eigenvalue weighted by Gasteiger charge is -2.20. The lowest BCUT2D eigenvalue weighted by atomic mass is 10.0. The molecule has 0 unspecified atom stereocenters. The van der Waals surface area contributed by atoms with E-state index in [9.17, 15) is 4.79 Å². The fourth-order valence-electron chi connectivity index (χ4n) is 4.66. The second-order valence-corrected chi connectivity index (χ2v) is 8.63. The fraction of sp³-hybridized carbons (Fsp3) is 0.222. The summed E-state index contributed by atoms with van der Waals surface area (Å²) < 4.78 is 0. The zero-order valence-corrected chi connectivity index (χ0v) is 18.3. The lowest BCUT2D eigenvalue weighted by molar-refractivity contribution is -0.110. The van der Waals surface area contributed by atoms with Gasteiger partial charge in [-0.15, -0.1) is 0 Å². The molecular formula is C27H28N4O. The first-order valence-corrected chi connectivity index (χ1v) is 11.1. The van der Waals surface area contributed by atoms with E-state index in [4.69, 9.17) is 5.73 Å². The highest BCUT2D eigenvalue weighted by atomic mass is 16.2. The van der Waals surface area contributed by atoms with Gasteiger partial charge in [-0.3, -0.25) is 9.69 Å². The number of anilines is 3. The number of nitrogens with zero attached hydrogens (tertiary/aromatic N) is 1. The second-order valence-electron chi connectivity index (χ2n) is 8.63. The fourth-order valence-corrected chi connectivity index (χ4v) is 4.66. The van der Waals surface area contributed by atoms with Crippen molar-refractivity contribution in [1.29, 1.82) is 0 Å². The monoisotopic (exact) mass is 424 g/mol. The number of nitrogens with one attached hydrogen (secondary N) is 2. The van der Waals surface area contributed by atoms with Crippen molar-refractivity contribution in [2.75, 3.05) is 29.5 Å². The van der Waals surface area contributed by atoms with Crippen LogP contribution in [0, 0.1) is 0 Å². The van der Waals surface area contributed by atoms with Gasteiger partial charge in [-0.25, -0.2) is 0 Å². The van der Waals surface area contributed by atoms with Gasteiger partial charge >= 0.3 is 0 Å². The van der Waals surface area contributed by atoms with Crippen LogP contribution in [0.5, 0.6) is 0 Å². The molecule has 2 aliphatic rings. The number of carbonyl (C=O) groups excluding carboxylic acids is 1. The number of allylic oxidation sites excluding steroid dienone is 1. The van der Waals surface area contributed by atoms with Crippen LogP contribution < -0.4 is 16.4 Å². The highest BCUT2D eigenvalue weighted by Crippen LogP contribution is 2.35. The summed E-state index contributed by atoms with van der Waals surface area (Å²) >= 11 is 0. The largest absolute Gasteiger partial charge is 0.399 e. The Balaban J connectivity index is 1.26. The SMILES string of the molecule is C/C(Nc1ccc(CN2CCc3ccccc3CC2)cc1)=C1/C(=O)Nc2ccc(N)cc21. The smallest absolute Gasteiger partial charge is 0.258 e. The van der Waals surface area contributed by atoms with Crippen LogP contribution in [0.2, 0.25) is 0 Å². The first kappa shape index (κ1) is 20.3. The van der Waals surface area contributed by atoms with E-state index in [1.54, 1.807) is 6.07 Å². The Morgan fingerprint density at radius 3 is 2.38 bits per heavy atom. The van der Waals surface area contributed by atoms with Gasteiger partial charge in [0.25, 0.3) is 5.91 Å². The molecule has 0 saturated heterocycles. The van der Waals surface area contributed by atoms with E-state index >= 15 is 0 Å². The molecule has 1 amide bonds. The predicted octanol–water partition coefficient (Wildman–Crippen LogP) is 4.66. The molecule has 0 bridgehead atoms. The topological polar surface area (TPSA) is 70.4 Å². The zero-order valence-electron chi connectivity index (χ0n) is 18.3. The van der Waals surface area contributed by atoms with Crippen LogP contribution in [0.4, 0.5) is 17.1 Å². The maximum absolute atomic E-state index is 12.5. The van der Waals surface area contributed by atoms with E-state index in [0.717, 1.165) is 55.1 Å². The molecule has 0 saturated carbocycles. The second kappa shape index (κ2) is 8.52. The van der Waals surface area contributed by atoms with Crippen molar-refractivity contribution >= 4 is 28.5 Å². The Morgan fingerprint density at radius 1 is 1.00 bits per heavy atom. The number of amides is 1. The quantitative estimate of drug-likeness (QED) is 0.421. The minimum absolute atomic E-state index is 0.102. The molecule has 2 heterocycles. The summed E-state index contributed by atoms with van der Waals surface area (Å²) in [6.07, 6.45) is 2.22. The van der Waals surface area contributed by atoms with Crippen LogP contribution in [0.1, 0.15) is 29.2 Å². The number of carbonyl (C=O) groups is 1. The lowest BCUT2D eigenvalue weighted by Crippen LogP contribution is -2.25. The average molecular weight is 425 g/mol. The summed E-state index contributed by atoms with van der Waals surface area (Å²) in [5, 5.41) is 6.30. The molecule has 4 N–H and O–H groups in total. The number of hydrogen-bond acceptors (Lipinski definition) is 4. The predicted molar refractivity (Wildman–Crippen MR) is 131 cm³/mol. The Hall–Kier alpha value is -3.57.